The van der Waals surface area contributed by atoms with Crippen LogP contribution in [0.3, 0.4) is 0 Å². The summed E-state index contributed by atoms with van der Waals surface area (Å²) in [5, 5.41) is 0.405. The van der Waals surface area contributed by atoms with Crippen molar-refractivity contribution in [3.05, 3.63) is 82.6 Å². The highest BCUT2D eigenvalue weighted by Crippen LogP contribution is 2.43. The van der Waals surface area contributed by atoms with Crippen molar-refractivity contribution in [2.75, 3.05) is 0 Å². The number of amides is 1. The van der Waals surface area contributed by atoms with Crippen molar-refractivity contribution < 1.29 is 14.3 Å². The Morgan fingerprint density at radius 2 is 1.75 bits per heavy atom. The van der Waals surface area contributed by atoms with Gasteiger partial charge in [0, 0.05) is 0 Å². The van der Waals surface area contributed by atoms with Crippen molar-refractivity contribution in [2.45, 2.75) is 57.9 Å². The molecule has 0 radical (unpaired) electrons. The lowest BCUT2D eigenvalue weighted by atomic mass is 9.85. The second kappa shape index (κ2) is 8.58. The van der Waals surface area contributed by atoms with Crippen LogP contribution in [0.15, 0.2) is 70.9 Å². The molecule has 0 N–H and O–H groups in total. The molecule has 1 fully saturated rings. The van der Waals surface area contributed by atoms with Gasteiger partial charge >= 0.3 is 5.97 Å². The maximum Gasteiger partial charge on any atom is 0.338 e. The van der Waals surface area contributed by atoms with Gasteiger partial charge in [0.2, 0.25) is 5.91 Å². The lowest BCUT2D eigenvalue weighted by molar-refractivity contribution is -0.141. The van der Waals surface area contributed by atoms with Crippen LogP contribution in [0.2, 0.25) is 0 Å². The lowest BCUT2D eigenvalue weighted by Gasteiger charge is -2.33. The standard InChI is InChI=1S/C26H28N2O3S/c1-16-21(24(30)31-15-18-9-7-6-8-10-18)22(28-23(29)17(2)32-25(28)27-16)19-11-13-20(14-12-19)26(3,4)5/h6-14,17,22H,15H2,1-5H3/t17-,22-/m1/s1. The molecule has 0 spiro atoms. The number of allylic oxidation sites excluding steroid dienone is 1. The molecule has 5 nitrogen and oxygen atoms in total. The van der Waals surface area contributed by atoms with Crippen LogP contribution >= 0.6 is 11.8 Å². The van der Waals surface area contributed by atoms with Crippen LogP contribution in [0.1, 0.15) is 57.4 Å². The summed E-state index contributed by atoms with van der Waals surface area (Å²) in [6, 6.07) is 17.2. The maximum atomic E-state index is 13.3. The summed E-state index contributed by atoms with van der Waals surface area (Å²) in [7, 11) is 0. The van der Waals surface area contributed by atoms with Crippen molar-refractivity contribution in [3.8, 4) is 0 Å². The summed E-state index contributed by atoms with van der Waals surface area (Å²) >= 11 is 1.43. The highest BCUT2D eigenvalue weighted by Gasteiger charge is 2.46. The van der Waals surface area contributed by atoms with Crippen molar-refractivity contribution >= 4 is 28.8 Å². The van der Waals surface area contributed by atoms with Gasteiger partial charge in [-0.25, -0.2) is 9.79 Å². The van der Waals surface area contributed by atoms with E-state index in [1.807, 2.05) is 56.3 Å². The van der Waals surface area contributed by atoms with Crippen LogP contribution in [0.5, 0.6) is 0 Å². The van der Waals surface area contributed by atoms with Crippen LogP contribution in [-0.2, 0) is 26.3 Å². The third-order valence-electron chi connectivity index (χ3n) is 5.78. The SMILES string of the molecule is CC1=C(C(=O)OCc2ccccc2)[C@@H](c2ccc(C(C)(C)C)cc2)N2C(=O)[C@@H](C)SC2=N1. The van der Waals surface area contributed by atoms with Crippen LogP contribution in [0.4, 0.5) is 0 Å². The molecule has 1 amide bonds. The summed E-state index contributed by atoms with van der Waals surface area (Å²) in [5.41, 5.74) is 3.99. The number of carbonyl (C=O) groups excluding carboxylic acids is 2. The number of esters is 1. The minimum Gasteiger partial charge on any atom is -0.457 e. The van der Waals surface area contributed by atoms with Crippen molar-refractivity contribution in [1.82, 2.24) is 4.90 Å². The number of fused-ring (bicyclic) bond motifs is 1. The monoisotopic (exact) mass is 448 g/mol. The first-order valence-electron chi connectivity index (χ1n) is 10.8. The number of amidine groups is 1. The van der Waals surface area contributed by atoms with Gasteiger partial charge in [0.15, 0.2) is 5.17 Å². The molecule has 2 aliphatic heterocycles. The van der Waals surface area contributed by atoms with Gasteiger partial charge in [-0.2, -0.15) is 0 Å². The van der Waals surface area contributed by atoms with Crippen LogP contribution in [0.25, 0.3) is 0 Å². The second-order valence-electron chi connectivity index (χ2n) is 9.20. The van der Waals surface area contributed by atoms with E-state index in [4.69, 9.17) is 4.74 Å². The topological polar surface area (TPSA) is 59.0 Å². The molecule has 2 heterocycles. The van der Waals surface area contributed by atoms with Gasteiger partial charge in [-0.3, -0.25) is 9.69 Å². The lowest BCUT2D eigenvalue weighted by Crippen LogP contribution is -2.40. The van der Waals surface area contributed by atoms with Crippen LogP contribution < -0.4 is 0 Å². The molecule has 2 atom stereocenters. The molecule has 0 aliphatic carbocycles. The highest BCUT2D eigenvalue weighted by atomic mass is 32.2. The van der Waals surface area contributed by atoms with E-state index in [0.29, 0.717) is 16.4 Å². The third kappa shape index (κ3) is 4.24. The van der Waals surface area contributed by atoms with E-state index < -0.39 is 12.0 Å². The number of hydrogen-bond acceptors (Lipinski definition) is 5. The first kappa shape index (κ1) is 22.3. The van der Waals surface area contributed by atoms with Gasteiger partial charge in [0.05, 0.1) is 22.6 Å². The quantitative estimate of drug-likeness (QED) is 0.590. The van der Waals surface area contributed by atoms with E-state index >= 15 is 0 Å². The Balaban J connectivity index is 1.71. The maximum absolute atomic E-state index is 13.3. The fourth-order valence-electron chi connectivity index (χ4n) is 3.95. The Labute approximate surface area is 193 Å². The zero-order chi connectivity index (χ0) is 23.0. The first-order chi connectivity index (χ1) is 15.2. The van der Waals surface area contributed by atoms with E-state index in [0.717, 1.165) is 11.1 Å². The molecule has 2 aromatic carbocycles. The Morgan fingerprint density at radius 1 is 1.09 bits per heavy atom. The molecule has 0 bridgehead atoms. The Kier molecular flexibility index (Phi) is 5.99. The molecule has 0 saturated carbocycles. The minimum absolute atomic E-state index is 0.00867. The number of ether oxygens (including phenoxy) is 1. The van der Waals surface area contributed by atoms with Gasteiger partial charge < -0.3 is 4.74 Å². The molecule has 6 heteroatoms. The van der Waals surface area contributed by atoms with E-state index in [2.05, 4.69) is 37.9 Å². The van der Waals surface area contributed by atoms with Gasteiger partial charge in [0.25, 0.3) is 0 Å². The first-order valence-corrected chi connectivity index (χ1v) is 11.7. The van der Waals surface area contributed by atoms with Gasteiger partial charge in [0.1, 0.15) is 6.61 Å². The van der Waals surface area contributed by atoms with Crippen molar-refractivity contribution in [3.63, 3.8) is 0 Å². The molecule has 0 unspecified atom stereocenters. The summed E-state index contributed by atoms with van der Waals surface area (Å²) in [6.45, 7) is 10.3. The number of hydrogen-bond donors (Lipinski definition) is 0. The summed E-state index contributed by atoms with van der Waals surface area (Å²) in [5.74, 6) is -0.490. The number of aliphatic imine (C=N–C) groups is 1. The zero-order valence-corrected chi connectivity index (χ0v) is 19.9. The molecule has 4 rings (SSSR count). The Morgan fingerprint density at radius 3 is 2.38 bits per heavy atom. The minimum atomic E-state index is -0.551. The van der Waals surface area contributed by atoms with E-state index in [-0.39, 0.29) is 23.2 Å². The van der Waals surface area contributed by atoms with Gasteiger partial charge in [-0.15, -0.1) is 0 Å². The number of benzene rings is 2. The molecule has 0 aromatic heterocycles. The van der Waals surface area contributed by atoms with Crippen LogP contribution in [0, 0.1) is 0 Å². The van der Waals surface area contributed by atoms with Crippen molar-refractivity contribution in [1.29, 1.82) is 0 Å². The average Bonchev–Trinajstić information content (AvgIpc) is 3.04. The Hall–Kier alpha value is -2.86. The van der Waals surface area contributed by atoms with E-state index in [1.54, 1.807) is 4.90 Å². The predicted molar refractivity (Wildman–Crippen MR) is 128 cm³/mol. The summed E-state index contributed by atoms with van der Waals surface area (Å²) < 4.78 is 5.67. The molecule has 1 saturated heterocycles. The summed E-state index contributed by atoms with van der Waals surface area (Å²) in [4.78, 5) is 32.6. The molecule has 2 aliphatic rings. The van der Waals surface area contributed by atoms with E-state index in [1.165, 1.54) is 17.3 Å². The number of carbonyl (C=O) groups is 2. The fraction of sp³-hybridized carbons (Fsp3) is 0.346. The second-order valence-corrected chi connectivity index (χ2v) is 10.5. The number of rotatable bonds is 4. The molecule has 2 aromatic rings. The third-order valence-corrected chi connectivity index (χ3v) is 6.84. The molecular formula is C26H28N2O3S. The predicted octanol–water partition coefficient (Wildman–Crippen LogP) is 5.38. The van der Waals surface area contributed by atoms with Gasteiger partial charge in [-0.1, -0.05) is 87.1 Å². The number of nitrogens with zero attached hydrogens (tertiary/aromatic N) is 2. The molecule has 32 heavy (non-hydrogen) atoms. The normalized spacial score (nSPS) is 20.8. The highest BCUT2D eigenvalue weighted by molar-refractivity contribution is 8.15. The zero-order valence-electron chi connectivity index (χ0n) is 19.1. The van der Waals surface area contributed by atoms with E-state index in [9.17, 15) is 9.59 Å². The fourth-order valence-corrected chi connectivity index (χ4v) is 4.97. The number of thioether (sulfide) groups is 1. The van der Waals surface area contributed by atoms with Crippen molar-refractivity contribution in [2.24, 2.45) is 4.99 Å². The Bertz CT molecular complexity index is 1100. The van der Waals surface area contributed by atoms with Crippen LogP contribution in [-0.4, -0.2) is 27.2 Å². The molecule has 166 valence electrons. The largest absolute Gasteiger partial charge is 0.457 e. The molecular weight excluding hydrogens is 420 g/mol. The average molecular weight is 449 g/mol. The van der Waals surface area contributed by atoms with Gasteiger partial charge in [-0.05, 0) is 36.0 Å². The smallest absolute Gasteiger partial charge is 0.338 e. The summed E-state index contributed by atoms with van der Waals surface area (Å²) in [6.07, 6.45) is 0.